The lowest BCUT2D eigenvalue weighted by Crippen LogP contribution is -2.55. The van der Waals surface area contributed by atoms with Gasteiger partial charge in [-0.15, -0.1) is 0 Å². The van der Waals surface area contributed by atoms with Crippen molar-refractivity contribution < 1.29 is 4.79 Å². The number of aryl methyl sites for hydroxylation is 2. The molecule has 4 heteroatoms. The molecule has 4 bridgehead atoms. The maximum atomic E-state index is 12.8. The van der Waals surface area contributed by atoms with Crippen LogP contribution < -0.4 is 5.32 Å². The average Bonchev–Trinajstić information content (AvgIpc) is 2.76. The lowest BCUT2D eigenvalue weighted by Gasteiger charge is -2.54. The van der Waals surface area contributed by atoms with Crippen molar-refractivity contribution in [2.24, 2.45) is 23.7 Å². The number of rotatable bonds is 3. The highest BCUT2D eigenvalue weighted by atomic mass is 16.1. The van der Waals surface area contributed by atoms with Crippen LogP contribution in [0.3, 0.4) is 0 Å². The van der Waals surface area contributed by atoms with Gasteiger partial charge in [-0.1, -0.05) is 0 Å². The predicted octanol–water partition coefficient (Wildman–Crippen LogP) is 3.07. The maximum Gasteiger partial charge on any atom is 0.255 e. The van der Waals surface area contributed by atoms with Crippen molar-refractivity contribution in [3.8, 4) is 0 Å². The smallest absolute Gasteiger partial charge is 0.255 e. The molecular weight excluding hydrogens is 274 g/mol. The summed E-state index contributed by atoms with van der Waals surface area (Å²) in [5.41, 5.74) is 2.66. The number of hydrogen-bond donors (Lipinski definition) is 1. The van der Waals surface area contributed by atoms with Crippen LogP contribution in [0.25, 0.3) is 0 Å². The van der Waals surface area contributed by atoms with E-state index in [1.165, 1.54) is 32.1 Å². The molecule has 0 radical (unpaired) electrons. The summed E-state index contributed by atoms with van der Waals surface area (Å²) in [4.78, 5) is 12.8. The highest BCUT2D eigenvalue weighted by molar-refractivity contribution is 5.96. The quantitative estimate of drug-likeness (QED) is 0.932. The molecule has 1 heterocycles. The molecule has 4 fully saturated rings. The van der Waals surface area contributed by atoms with Gasteiger partial charge in [0.05, 0.1) is 11.3 Å². The molecule has 1 N–H and O–H groups in total. The third kappa shape index (κ3) is 2.10. The second-order valence-electron chi connectivity index (χ2n) is 7.79. The molecule has 120 valence electrons. The molecule has 5 rings (SSSR count). The lowest BCUT2D eigenvalue weighted by atomic mass is 9.54. The van der Waals surface area contributed by atoms with Gasteiger partial charge in [-0.3, -0.25) is 9.48 Å². The first-order valence-electron chi connectivity index (χ1n) is 8.91. The Bertz CT molecular complexity index is 576. The summed E-state index contributed by atoms with van der Waals surface area (Å²) in [7, 11) is 0. The molecule has 0 atom stereocenters. The van der Waals surface area contributed by atoms with Crippen LogP contribution in [0.1, 0.15) is 60.8 Å². The molecule has 22 heavy (non-hydrogen) atoms. The molecule has 4 nitrogen and oxygen atoms in total. The number of nitrogens with zero attached hydrogens (tertiary/aromatic N) is 2. The summed E-state index contributed by atoms with van der Waals surface area (Å²) < 4.78 is 1.93. The molecule has 1 amide bonds. The Morgan fingerprint density at radius 1 is 1.14 bits per heavy atom. The lowest BCUT2D eigenvalue weighted by molar-refractivity contribution is -0.0119. The second-order valence-corrected chi connectivity index (χ2v) is 7.79. The van der Waals surface area contributed by atoms with Crippen molar-refractivity contribution in [2.75, 3.05) is 0 Å². The zero-order chi connectivity index (χ0) is 15.4. The molecule has 1 aromatic rings. The zero-order valence-corrected chi connectivity index (χ0v) is 13.9. The van der Waals surface area contributed by atoms with Gasteiger partial charge in [-0.25, -0.2) is 0 Å². The van der Waals surface area contributed by atoms with Crippen molar-refractivity contribution >= 4 is 5.91 Å². The Labute approximate surface area is 132 Å². The van der Waals surface area contributed by atoms with E-state index in [0.29, 0.717) is 6.04 Å². The van der Waals surface area contributed by atoms with E-state index < -0.39 is 0 Å². The van der Waals surface area contributed by atoms with Gasteiger partial charge in [0.25, 0.3) is 5.91 Å². The maximum absolute atomic E-state index is 12.8. The van der Waals surface area contributed by atoms with E-state index in [1.54, 1.807) is 0 Å². The highest BCUT2D eigenvalue weighted by Crippen LogP contribution is 2.53. The molecule has 0 aliphatic heterocycles. The van der Waals surface area contributed by atoms with E-state index in [4.69, 9.17) is 0 Å². The molecule has 0 spiro atoms. The van der Waals surface area contributed by atoms with Gasteiger partial charge < -0.3 is 5.32 Å². The largest absolute Gasteiger partial charge is 0.349 e. The van der Waals surface area contributed by atoms with Crippen molar-refractivity contribution in [1.82, 2.24) is 15.1 Å². The molecule has 0 aromatic carbocycles. The minimum Gasteiger partial charge on any atom is -0.349 e. The number of carbonyl (C=O) groups excluding carboxylic acids is 1. The summed E-state index contributed by atoms with van der Waals surface area (Å²) in [6.45, 7) is 6.84. The van der Waals surface area contributed by atoms with Gasteiger partial charge in [0, 0.05) is 18.3 Å². The number of carbonyl (C=O) groups is 1. The molecular formula is C18H27N3O. The fourth-order valence-corrected chi connectivity index (χ4v) is 5.72. The number of amides is 1. The SMILES string of the molecule is CCn1nc(C)c(C(=O)NC2C3CC4CC(C3)CC2C4)c1C. The molecule has 4 saturated carbocycles. The minimum atomic E-state index is 0.104. The Balaban J connectivity index is 1.54. The van der Waals surface area contributed by atoms with E-state index in [0.717, 1.165) is 47.2 Å². The van der Waals surface area contributed by atoms with E-state index in [-0.39, 0.29) is 5.91 Å². The first-order chi connectivity index (χ1) is 10.6. The summed E-state index contributed by atoms with van der Waals surface area (Å²) in [5.74, 6) is 3.44. The molecule has 4 aliphatic rings. The molecule has 1 aromatic heterocycles. The van der Waals surface area contributed by atoms with E-state index in [9.17, 15) is 4.79 Å². The second kappa shape index (κ2) is 5.10. The van der Waals surface area contributed by atoms with Crippen molar-refractivity contribution in [1.29, 1.82) is 0 Å². The van der Waals surface area contributed by atoms with Gasteiger partial charge >= 0.3 is 0 Å². The first-order valence-corrected chi connectivity index (χ1v) is 8.91. The Morgan fingerprint density at radius 3 is 2.23 bits per heavy atom. The van der Waals surface area contributed by atoms with E-state index in [2.05, 4.69) is 17.3 Å². The zero-order valence-electron chi connectivity index (χ0n) is 13.9. The van der Waals surface area contributed by atoms with Gasteiger partial charge in [-0.05, 0) is 76.5 Å². The molecule has 4 aliphatic carbocycles. The van der Waals surface area contributed by atoms with Crippen LogP contribution in [0, 0.1) is 37.5 Å². The van der Waals surface area contributed by atoms with Crippen molar-refractivity contribution in [3.63, 3.8) is 0 Å². The highest BCUT2D eigenvalue weighted by Gasteiger charge is 2.48. The van der Waals surface area contributed by atoms with Gasteiger partial charge in [0.1, 0.15) is 0 Å². The minimum absolute atomic E-state index is 0.104. The molecule has 0 unspecified atom stereocenters. The third-order valence-corrected chi connectivity index (χ3v) is 6.43. The van der Waals surface area contributed by atoms with Gasteiger partial charge in [-0.2, -0.15) is 5.10 Å². The monoisotopic (exact) mass is 301 g/mol. The van der Waals surface area contributed by atoms with Crippen molar-refractivity contribution in [3.05, 3.63) is 17.0 Å². The Kier molecular flexibility index (Phi) is 3.31. The van der Waals surface area contributed by atoms with Crippen LogP contribution in [-0.4, -0.2) is 21.7 Å². The fraction of sp³-hybridized carbons (Fsp3) is 0.778. The van der Waals surface area contributed by atoms with Gasteiger partial charge in [0.2, 0.25) is 0 Å². The third-order valence-electron chi connectivity index (χ3n) is 6.43. The summed E-state index contributed by atoms with van der Waals surface area (Å²) in [5, 5.41) is 7.90. The Morgan fingerprint density at radius 2 is 1.73 bits per heavy atom. The fourth-order valence-electron chi connectivity index (χ4n) is 5.72. The normalized spacial score (nSPS) is 35.9. The summed E-state index contributed by atoms with van der Waals surface area (Å²) in [6.07, 6.45) is 6.80. The first kappa shape index (κ1) is 14.3. The van der Waals surface area contributed by atoms with Crippen molar-refractivity contribution in [2.45, 2.75) is 65.5 Å². The topological polar surface area (TPSA) is 46.9 Å². The number of nitrogens with one attached hydrogen (secondary N) is 1. The average molecular weight is 301 g/mol. The Hall–Kier alpha value is -1.32. The van der Waals surface area contributed by atoms with Crippen LogP contribution >= 0.6 is 0 Å². The predicted molar refractivity (Wildman–Crippen MR) is 85.7 cm³/mol. The van der Waals surface area contributed by atoms with Crippen LogP contribution in [0.2, 0.25) is 0 Å². The van der Waals surface area contributed by atoms with Gasteiger partial charge in [0.15, 0.2) is 0 Å². The molecule has 0 saturated heterocycles. The van der Waals surface area contributed by atoms with E-state index >= 15 is 0 Å². The van der Waals surface area contributed by atoms with Crippen LogP contribution in [-0.2, 0) is 6.54 Å². The standard InChI is InChI=1S/C18H27N3O/c1-4-21-11(3)16(10(2)20-21)18(22)19-17-14-6-12-5-13(8-14)9-15(17)7-12/h12-15,17H,4-9H2,1-3H3,(H,19,22). The van der Waals surface area contributed by atoms with Crippen LogP contribution in [0.4, 0.5) is 0 Å². The van der Waals surface area contributed by atoms with Crippen LogP contribution in [0.15, 0.2) is 0 Å². The van der Waals surface area contributed by atoms with Crippen LogP contribution in [0.5, 0.6) is 0 Å². The number of hydrogen-bond acceptors (Lipinski definition) is 2. The van der Waals surface area contributed by atoms with E-state index in [1.807, 2.05) is 18.5 Å². The summed E-state index contributed by atoms with van der Waals surface area (Å²) in [6, 6.07) is 0.407. The number of aromatic nitrogens is 2. The summed E-state index contributed by atoms with van der Waals surface area (Å²) >= 11 is 0.